The first-order valence-electron chi connectivity index (χ1n) is 6.40. The van der Waals surface area contributed by atoms with Gasteiger partial charge in [0, 0.05) is 20.3 Å². The predicted molar refractivity (Wildman–Crippen MR) is 84.7 cm³/mol. The molecule has 7 heteroatoms. The lowest BCUT2D eigenvalue weighted by molar-refractivity contribution is 0.0997. The summed E-state index contributed by atoms with van der Waals surface area (Å²) >= 11 is 1.37. The van der Waals surface area contributed by atoms with E-state index in [0.717, 1.165) is 21.6 Å². The number of rotatable bonds is 2. The van der Waals surface area contributed by atoms with Crippen LogP contribution in [0.1, 0.15) is 15.4 Å². The Kier molecular flexibility index (Phi) is 3.13. The average Bonchev–Trinajstić information content (AvgIpc) is 2.97. The molecule has 0 aliphatic rings. The van der Waals surface area contributed by atoms with E-state index in [9.17, 15) is 4.79 Å². The van der Waals surface area contributed by atoms with Gasteiger partial charge in [-0.1, -0.05) is 0 Å². The largest absolute Gasteiger partial charge is 0.397 e. The van der Waals surface area contributed by atoms with Crippen molar-refractivity contribution in [2.75, 3.05) is 17.7 Å². The van der Waals surface area contributed by atoms with Crippen LogP contribution in [0.4, 0.5) is 11.4 Å². The zero-order valence-corrected chi connectivity index (χ0v) is 12.8. The maximum Gasteiger partial charge on any atom is 0.270 e. The van der Waals surface area contributed by atoms with E-state index in [0.29, 0.717) is 10.6 Å². The Labute approximate surface area is 125 Å². The highest BCUT2D eigenvalue weighted by Gasteiger charge is 2.23. The van der Waals surface area contributed by atoms with E-state index >= 15 is 0 Å². The molecule has 0 atom stereocenters. The van der Waals surface area contributed by atoms with Gasteiger partial charge in [-0.15, -0.1) is 11.3 Å². The number of hydrogen-bond acceptors (Lipinski definition) is 5. The first-order chi connectivity index (χ1) is 10.0. The molecule has 0 aliphatic heterocycles. The quantitative estimate of drug-likeness (QED) is 0.787. The van der Waals surface area contributed by atoms with Gasteiger partial charge in [0.05, 0.1) is 28.7 Å². The number of nitrogens with two attached hydrogens (primary N) is 1. The van der Waals surface area contributed by atoms with Gasteiger partial charge < -0.3 is 10.6 Å². The Bertz CT molecular complexity index is 821. The Morgan fingerprint density at radius 3 is 2.86 bits per heavy atom. The maximum absolute atomic E-state index is 12.7. The molecule has 0 spiro atoms. The van der Waals surface area contributed by atoms with Gasteiger partial charge in [0.1, 0.15) is 9.71 Å². The van der Waals surface area contributed by atoms with Gasteiger partial charge in [0.25, 0.3) is 5.91 Å². The van der Waals surface area contributed by atoms with Gasteiger partial charge in [-0.25, -0.2) is 0 Å². The van der Waals surface area contributed by atoms with Gasteiger partial charge in [0.2, 0.25) is 0 Å². The summed E-state index contributed by atoms with van der Waals surface area (Å²) in [4.78, 5) is 19.7. The van der Waals surface area contributed by atoms with Crippen LogP contribution in [0.15, 0.2) is 24.5 Å². The third-order valence-electron chi connectivity index (χ3n) is 3.41. The van der Waals surface area contributed by atoms with Crippen LogP contribution in [-0.2, 0) is 7.05 Å². The van der Waals surface area contributed by atoms with Gasteiger partial charge in [-0.2, -0.15) is 5.10 Å². The first-order valence-corrected chi connectivity index (χ1v) is 7.22. The molecule has 1 amide bonds. The Morgan fingerprint density at radius 1 is 1.48 bits per heavy atom. The van der Waals surface area contributed by atoms with Crippen LogP contribution in [-0.4, -0.2) is 27.7 Å². The standard InChI is InChI=1S/C14H15N5OS/c1-8-10-11(15)12(21-14(10)19(3)17-8)13(20)18(2)9-5-4-6-16-7-9/h4-7H,15H2,1-3H3. The van der Waals surface area contributed by atoms with Crippen LogP contribution in [0.25, 0.3) is 10.2 Å². The van der Waals surface area contributed by atoms with Crippen molar-refractivity contribution in [1.29, 1.82) is 0 Å². The summed E-state index contributed by atoms with van der Waals surface area (Å²) in [7, 11) is 3.57. The summed E-state index contributed by atoms with van der Waals surface area (Å²) in [6, 6.07) is 3.63. The second-order valence-electron chi connectivity index (χ2n) is 4.81. The topological polar surface area (TPSA) is 77.0 Å². The molecule has 0 unspecified atom stereocenters. The molecule has 3 rings (SSSR count). The lowest BCUT2D eigenvalue weighted by Gasteiger charge is -2.16. The number of hydrogen-bond donors (Lipinski definition) is 1. The van der Waals surface area contributed by atoms with E-state index in [4.69, 9.17) is 5.73 Å². The number of carbonyl (C=O) groups excluding carboxylic acids is 1. The van der Waals surface area contributed by atoms with Crippen LogP contribution in [0.5, 0.6) is 0 Å². The van der Waals surface area contributed by atoms with Crippen molar-refractivity contribution < 1.29 is 4.79 Å². The van der Waals surface area contributed by atoms with Crippen molar-refractivity contribution in [1.82, 2.24) is 14.8 Å². The third-order valence-corrected chi connectivity index (χ3v) is 4.67. The highest BCUT2D eigenvalue weighted by atomic mass is 32.1. The number of aryl methyl sites for hydroxylation is 2. The number of nitrogens with zero attached hydrogens (tertiary/aromatic N) is 4. The smallest absolute Gasteiger partial charge is 0.270 e. The summed E-state index contributed by atoms with van der Waals surface area (Å²) in [6.07, 6.45) is 3.32. The molecule has 21 heavy (non-hydrogen) atoms. The van der Waals surface area contributed by atoms with Gasteiger partial charge in [-0.3, -0.25) is 14.5 Å². The van der Waals surface area contributed by atoms with E-state index < -0.39 is 0 Å². The Morgan fingerprint density at radius 2 is 2.24 bits per heavy atom. The fourth-order valence-corrected chi connectivity index (χ4v) is 3.47. The van der Waals surface area contributed by atoms with Crippen molar-refractivity contribution >= 4 is 38.8 Å². The molecular weight excluding hydrogens is 286 g/mol. The molecule has 2 N–H and O–H groups in total. The molecule has 0 saturated heterocycles. The van der Waals surface area contributed by atoms with E-state index in [1.165, 1.54) is 11.3 Å². The molecule has 3 aromatic rings. The second kappa shape index (κ2) is 4.85. The zero-order valence-electron chi connectivity index (χ0n) is 12.0. The normalized spacial score (nSPS) is 11.0. The summed E-state index contributed by atoms with van der Waals surface area (Å²) in [6.45, 7) is 1.89. The summed E-state index contributed by atoms with van der Waals surface area (Å²) in [5, 5.41) is 5.19. The number of nitrogen functional groups attached to an aromatic ring is 1. The molecule has 0 fully saturated rings. The SMILES string of the molecule is Cc1nn(C)c2sc(C(=O)N(C)c3cccnc3)c(N)c12. The van der Waals surface area contributed by atoms with Crippen molar-refractivity contribution in [3.8, 4) is 0 Å². The van der Waals surface area contributed by atoms with E-state index in [-0.39, 0.29) is 5.91 Å². The van der Waals surface area contributed by atoms with Crippen LogP contribution in [0, 0.1) is 6.92 Å². The fourth-order valence-electron chi connectivity index (χ4n) is 2.31. The van der Waals surface area contributed by atoms with E-state index in [1.54, 1.807) is 35.1 Å². The van der Waals surface area contributed by atoms with Crippen LogP contribution >= 0.6 is 11.3 Å². The molecule has 108 valence electrons. The predicted octanol–water partition coefficient (Wildman–Crippen LogP) is 2.20. The van der Waals surface area contributed by atoms with E-state index in [2.05, 4.69) is 10.1 Å². The molecule has 0 radical (unpaired) electrons. The maximum atomic E-state index is 12.7. The monoisotopic (exact) mass is 301 g/mol. The minimum atomic E-state index is -0.138. The molecule has 0 saturated carbocycles. The number of aromatic nitrogens is 3. The minimum absolute atomic E-state index is 0.138. The van der Waals surface area contributed by atoms with Crippen LogP contribution in [0.3, 0.4) is 0 Å². The van der Waals surface area contributed by atoms with Gasteiger partial charge in [-0.05, 0) is 19.1 Å². The molecule has 3 heterocycles. The van der Waals surface area contributed by atoms with Crippen molar-refractivity contribution in [2.24, 2.45) is 7.05 Å². The average molecular weight is 301 g/mol. The lowest BCUT2D eigenvalue weighted by Crippen LogP contribution is -2.26. The lowest BCUT2D eigenvalue weighted by atomic mass is 10.2. The second-order valence-corrected chi connectivity index (χ2v) is 5.81. The Balaban J connectivity index is 2.06. The number of amides is 1. The highest BCUT2D eigenvalue weighted by Crippen LogP contribution is 2.36. The Hall–Kier alpha value is -2.41. The van der Waals surface area contributed by atoms with Crippen molar-refractivity contribution in [3.63, 3.8) is 0 Å². The summed E-state index contributed by atoms with van der Waals surface area (Å²) < 4.78 is 1.76. The zero-order chi connectivity index (χ0) is 15.1. The van der Waals surface area contributed by atoms with Gasteiger partial charge >= 0.3 is 0 Å². The molecule has 0 aliphatic carbocycles. The number of carbonyl (C=O) groups is 1. The summed E-state index contributed by atoms with van der Waals surface area (Å²) in [5.74, 6) is -0.138. The minimum Gasteiger partial charge on any atom is -0.397 e. The van der Waals surface area contributed by atoms with Gasteiger partial charge in [0.15, 0.2) is 0 Å². The summed E-state index contributed by atoms with van der Waals surface area (Å²) in [5.41, 5.74) is 8.23. The molecule has 6 nitrogen and oxygen atoms in total. The molecule has 3 aromatic heterocycles. The fraction of sp³-hybridized carbons (Fsp3) is 0.214. The van der Waals surface area contributed by atoms with E-state index in [1.807, 2.05) is 20.0 Å². The number of anilines is 2. The first kappa shape index (κ1) is 13.6. The van der Waals surface area contributed by atoms with Crippen molar-refractivity contribution in [3.05, 3.63) is 35.1 Å². The molecule has 0 bridgehead atoms. The highest BCUT2D eigenvalue weighted by molar-refractivity contribution is 7.21. The number of thiophene rings is 1. The van der Waals surface area contributed by atoms with Crippen molar-refractivity contribution in [2.45, 2.75) is 6.92 Å². The van der Waals surface area contributed by atoms with Crippen LogP contribution in [0.2, 0.25) is 0 Å². The third kappa shape index (κ3) is 2.06. The number of pyridine rings is 1. The van der Waals surface area contributed by atoms with Crippen LogP contribution < -0.4 is 10.6 Å². The molecule has 0 aromatic carbocycles. The molecular formula is C14H15N5OS. The number of fused-ring (bicyclic) bond motifs is 1.